The molecule has 4 amide bonds. The molecule has 0 radical (unpaired) electrons. The standard InChI is InChI=1S/C13H15N3O4/c17-11(6-9-12(18)16-13(19)15-9)14-8-2-1-3-10-7(8)4-5-20-10/h4-5,8-9H,1-3,6H2,(H,14,17)(H2,15,16,18,19)/t8-,9+/m1/s1. The van der Waals surface area contributed by atoms with Gasteiger partial charge in [-0.05, 0) is 18.9 Å². The number of carbonyl (C=O) groups excluding carboxylic acids is 3. The van der Waals surface area contributed by atoms with E-state index in [9.17, 15) is 14.4 Å². The summed E-state index contributed by atoms with van der Waals surface area (Å²) in [7, 11) is 0. The Kier molecular flexibility index (Phi) is 3.17. The minimum atomic E-state index is -0.782. The first kappa shape index (κ1) is 12.7. The zero-order valence-corrected chi connectivity index (χ0v) is 10.8. The van der Waals surface area contributed by atoms with Crippen molar-refractivity contribution in [3.05, 3.63) is 23.7 Å². The smallest absolute Gasteiger partial charge is 0.322 e. The Labute approximate surface area is 115 Å². The minimum Gasteiger partial charge on any atom is -0.469 e. The average Bonchev–Trinajstić information content (AvgIpc) is 2.97. The first-order valence-electron chi connectivity index (χ1n) is 6.60. The Morgan fingerprint density at radius 2 is 2.30 bits per heavy atom. The van der Waals surface area contributed by atoms with E-state index in [1.54, 1.807) is 6.26 Å². The molecule has 0 unspecified atom stereocenters. The maximum atomic E-state index is 12.0. The number of urea groups is 1. The molecular weight excluding hydrogens is 262 g/mol. The number of carbonyl (C=O) groups is 3. The van der Waals surface area contributed by atoms with Crippen molar-refractivity contribution in [2.75, 3.05) is 0 Å². The Morgan fingerprint density at radius 1 is 1.45 bits per heavy atom. The van der Waals surface area contributed by atoms with Crippen molar-refractivity contribution in [2.24, 2.45) is 0 Å². The van der Waals surface area contributed by atoms with Crippen molar-refractivity contribution >= 4 is 17.8 Å². The second kappa shape index (κ2) is 4.99. The van der Waals surface area contributed by atoms with Crippen LogP contribution < -0.4 is 16.0 Å². The van der Waals surface area contributed by atoms with Gasteiger partial charge in [0.1, 0.15) is 11.8 Å². The van der Waals surface area contributed by atoms with E-state index in [4.69, 9.17) is 4.42 Å². The maximum absolute atomic E-state index is 12.0. The topological polar surface area (TPSA) is 100 Å². The first-order chi connectivity index (χ1) is 9.63. The third kappa shape index (κ3) is 2.38. The number of rotatable bonds is 3. The number of hydrogen-bond donors (Lipinski definition) is 3. The van der Waals surface area contributed by atoms with Gasteiger partial charge in [0.15, 0.2) is 0 Å². The summed E-state index contributed by atoms with van der Waals surface area (Å²) in [6.45, 7) is 0. The normalized spacial score (nSPS) is 24.8. The molecule has 1 aliphatic carbocycles. The Bertz CT molecular complexity index is 566. The van der Waals surface area contributed by atoms with Gasteiger partial charge in [-0.25, -0.2) is 4.79 Å². The van der Waals surface area contributed by atoms with Crippen LogP contribution in [0.3, 0.4) is 0 Å². The lowest BCUT2D eigenvalue weighted by Crippen LogP contribution is -2.38. The fourth-order valence-corrected chi connectivity index (χ4v) is 2.68. The number of aryl methyl sites for hydroxylation is 1. The Morgan fingerprint density at radius 3 is 3.05 bits per heavy atom. The summed E-state index contributed by atoms with van der Waals surface area (Å²) < 4.78 is 5.36. The number of imide groups is 1. The predicted octanol–water partition coefficient (Wildman–Crippen LogP) is 0.371. The van der Waals surface area contributed by atoms with Crippen LogP contribution in [0.4, 0.5) is 4.79 Å². The number of amides is 4. The summed E-state index contributed by atoms with van der Waals surface area (Å²) in [4.78, 5) is 34.3. The van der Waals surface area contributed by atoms with E-state index >= 15 is 0 Å². The molecule has 0 spiro atoms. The molecule has 2 atom stereocenters. The second-order valence-corrected chi connectivity index (χ2v) is 5.03. The summed E-state index contributed by atoms with van der Waals surface area (Å²) in [6.07, 6.45) is 4.25. The number of fused-ring (bicyclic) bond motifs is 1. The Balaban J connectivity index is 1.60. The van der Waals surface area contributed by atoms with Crippen LogP contribution in [0.5, 0.6) is 0 Å². The van der Waals surface area contributed by atoms with Crippen LogP contribution in [-0.2, 0) is 16.0 Å². The molecule has 1 aromatic heterocycles. The molecule has 1 aromatic rings. The molecule has 20 heavy (non-hydrogen) atoms. The quantitative estimate of drug-likeness (QED) is 0.695. The van der Waals surface area contributed by atoms with Gasteiger partial charge in [-0.1, -0.05) is 0 Å². The van der Waals surface area contributed by atoms with Crippen LogP contribution in [0, 0.1) is 0 Å². The second-order valence-electron chi connectivity index (χ2n) is 5.03. The molecule has 0 saturated carbocycles. The van der Waals surface area contributed by atoms with Gasteiger partial charge in [0, 0.05) is 12.0 Å². The van der Waals surface area contributed by atoms with Crippen LogP contribution in [0.25, 0.3) is 0 Å². The van der Waals surface area contributed by atoms with E-state index in [1.165, 1.54) is 0 Å². The van der Waals surface area contributed by atoms with Crippen LogP contribution in [-0.4, -0.2) is 23.9 Å². The lowest BCUT2D eigenvalue weighted by molar-refractivity contribution is -0.126. The van der Waals surface area contributed by atoms with E-state index < -0.39 is 18.0 Å². The highest BCUT2D eigenvalue weighted by Gasteiger charge is 2.32. The molecule has 106 valence electrons. The van der Waals surface area contributed by atoms with Crippen molar-refractivity contribution in [1.82, 2.24) is 16.0 Å². The van der Waals surface area contributed by atoms with Gasteiger partial charge in [0.05, 0.1) is 18.7 Å². The Hall–Kier alpha value is -2.31. The summed E-state index contributed by atoms with van der Waals surface area (Å²) in [5, 5.41) is 7.40. The van der Waals surface area contributed by atoms with Crippen molar-refractivity contribution in [3.63, 3.8) is 0 Å². The largest absolute Gasteiger partial charge is 0.469 e. The number of furan rings is 1. The monoisotopic (exact) mass is 277 g/mol. The molecule has 7 heteroatoms. The first-order valence-corrected chi connectivity index (χ1v) is 6.60. The highest BCUT2D eigenvalue weighted by atomic mass is 16.3. The summed E-state index contributed by atoms with van der Waals surface area (Å²) >= 11 is 0. The van der Waals surface area contributed by atoms with E-state index in [0.29, 0.717) is 0 Å². The van der Waals surface area contributed by atoms with Crippen molar-refractivity contribution in [2.45, 2.75) is 37.8 Å². The van der Waals surface area contributed by atoms with Crippen LogP contribution >= 0.6 is 0 Å². The zero-order valence-electron chi connectivity index (χ0n) is 10.8. The zero-order chi connectivity index (χ0) is 14.1. The van der Waals surface area contributed by atoms with Gasteiger partial charge >= 0.3 is 6.03 Å². The third-order valence-electron chi connectivity index (χ3n) is 3.64. The molecule has 2 aliphatic rings. The van der Waals surface area contributed by atoms with Crippen LogP contribution in [0.1, 0.15) is 36.6 Å². The lowest BCUT2D eigenvalue weighted by Gasteiger charge is -2.23. The highest BCUT2D eigenvalue weighted by Crippen LogP contribution is 2.30. The summed E-state index contributed by atoms with van der Waals surface area (Å²) in [6, 6.07) is 0.450. The highest BCUT2D eigenvalue weighted by molar-refractivity contribution is 6.05. The van der Waals surface area contributed by atoms with Gasteiger partial charge in [0.25, 0.3) is 5.91 Å². The molecule has 1 aliphatic heterocycles. The maximum Gasteiger partial charge on any atom is 0.322 e. The van der Waals surface area contributed by atoms with Crippen LogP contribution in [0.15, 0.2) is 16.7 Å². The number of hydrogen-bond acceptors (Lipinski definition) is 4. The molecule has 0 aromatic carbocycles. The van der Waals surface area contributed by atoms with Crippen LogP contribution in [0.2, 0.25) is 0 Å². The molecule has 3 N–H and O–H groups in total. The molecule has 2 heterocycles. The van der Waals surface area contributed by atoms with Gasteiger partial charge in [-0.3, -0.25) is 14.9 Å². The molecule has 7 nitrogen and oxygen atoms in total. The van der Waals surface area contributed by atoms with E-state index in [0.717, 1.165) is 30.6 Å². The molecule has 3 rings (SSSR count). The minimum absolute atomic E-state index is 0.0543. The van der Waals surface area contributed by atoms with E-state index in [2.05, 4.69) is 16.0 Å². The van der Waals surface area contributed by atoms with Gasteiger partial charge in [-0.2, -0.15) is 0 Å². The lowest BCUT2D eigenvalue weighted by atomic mass is 9.93. The van der Waals surface area contributed by atoms with E-state index in [-0.39, 0.29) is 18.4 Å². The van der Waals surface area contributed by atoms with Crippen molar-refractivity contribution in [1.29, 1.82) is 0 Å². The van der Waals surface area contributed by atoms with E-state index in [1.807, 2.05) is 6.07 Å². The molecule has 1 saturated heterocycles. The van der Waals surface area contributed by atoms with Crippen molar-refractivity contribution in [3.8, 4) is 0 Å². The number of nitrogens with one attached hydrogen (secondary N) is 3. The van der Waals surface area contributed by atoms with Gasteiger partial charge < -0.3 is 15.1 Å². The average molecular weight is 277 g/mol. The third-order valence-corrected chi connectivity index (χ3v) is 3.64. The summed E-state index contributed by atoms with van der Waals surface area (Å²) in [5.74, 6) is 0.192. The van der Waals surface area contributed by atoms with Crippen molar-refractivity contribution < 1.29 is 18.8 Å². The van der Waals surface area contributed by atoms with Gasteiger partial charge in [0.2, 0.25) is 5.91 Å². The fourth-order valence-electron chi connectivity index (χ4n) is 2.68. The summed E-state index contributed by atoms with van der Waals surface area (Å²) in [5.41, 5.74) is 1.00. The fraction of sp³-hybridized carbons (Fsp3) is 0.462. The predicted molar refractivity (Wildman–Crippen MR) is 67.6 cm³/mol. The van der Waals surface area contributed by atoms with Gasteiger partial charge in [-0.15, -0.1) is 0 Å². The SMILES string of the molecule is O=C(C[C@@H]1NC(=O)NC1=O)N[C@@H]1CCCc2occc21. The molecular formula is C13H15N3O4. The molecule has 0 bridgehead atoms. The molecule has 1 fully saturated rings.